The SMILES string of the molecule is CCC(=O)Nc1cncc(-c2cc3c(-c4nc5c(-c6cccc(F)c6)cccc5[nH]4)n[nH]c3cn2)c1. The van der Waals surface area contributed by atoms with Gasteiger partial charge in [-0.25, -0.2) is 9.37 Å². The highest BCUT2D eigenvalue weighted by Gasteiger charge is 2.16. The van der Waals surface area contributed by atoms with Crippen molar-refractivity contribution in [3.05, 3.63) is 79.0 Å². The molecule has 9 heteroatoms. The van der Waals surface area contributed by atoms with Gasteiger partial charge in [0.05, 0.1) is 40.3 Å². The molecule has 0 spiro atoms. The number of fused-ring (bicyclic) bond motifs is 2. The Labute approximate surface area is 204 Å². The summed E-state index contributed by atoms with van der Waals surface area (Å²) in [4.78, 5) is 28.7. The summed E-state index contributed by atoms with van der Waals surface area (Å²) in [5.41, 5.74) is 6.57. The number of pyridine rings is 2. The molecule has 6 rings (SSSR count). The minimum absolute atomic E-state index is 0.0861. The normalized spacial score (nSPS) is 11.3. The third-order valence-corrected chi connectivity index (χ3v) is 5.96. The molecule has 36 heavy (non-hydrogen) atoms. The first-order chi connectivity index (χ1) is 17.6. The summed E-state index contributed by atoms with van der Waals surface area (Å²) >= 11 is 0. The van der Waals surface area contributed by atoms with Crippen molar-refractivity contribution in [2.45, 2.75) is 13.3 Å². The van der Waals surface area contributed by atoms with E-state index in [-0.39, 0.29) is 11.7 Å². The Hall–Kier alpha value is -4.92. The zero-order chi connectivity index (χ0) is 24.6. The van der Waals surface area contributed by atoms with E-state index >= 15 is 0 Å². The topological polar surface area (TPSA) is 112 Å². The van der Waals surface area contributed by atoms with Gasteiger partial charge >= 0.3 is 0 Å². The van der Waals surface area contributed by atoms with Gasteiger partial charge in [0, 0.05) is 29.1 Å². The molecule has 4 aromatic heterocycles. The van der Waals surface area contributed by atoms with Gasteiger partial charge in [0.2, 0.25) is 5.91 Å². The van der Waals surface area contributed by atoms with Crippen LogP contribution >= 0.6 is 0 Å². The third-order valence-electron chi connectivity index (χ3n) is 5.96. The quantitative estimate of drug-likeness (QED) is 0.294. The maximum atomic E-state index is 13.9. The molecule has 0 aliphatic heterocycles. The summed E-state index contributed by atoms with van der Waals surface area (Å²) in [6.45, 7) is 1.79. The van der Waals surface area contributed by atoms with Crippen molar-refractivity contribution in [2.24, 2.45) is 0 Å². The lowest BCUT2D eigenvalue weighted by molar-refractivity contribution is -0.115. The minimum atomic E-state index is -0.300. The molecule has 0 fully saturated rings. The number of aromatic nitrogens is 6. The highest BCUT2D eigenvalue weighted by Crippen LogP contribution is 2.33. The van der Waals surface area contributed by atoms with Gasteiger partial charge in [0.1, 0.15) is 11.5 Å². The molecule has 2 aromatic carbocycles. The predicted octanol–water partition coefficient (Wildman–Crippen LogP) is 5.72. The molecule has 0 radical (unpaired) electrons. The van der Waals surface area contributed by atoms with E-state index in [9.17, 15) is 9.18 Å². The van der Waals surface area contributed by atoms with Crippen molar-refractivity contribution in [1.82, 2.24) is 30.1 Å². The van der Waals surface area contributed by atoms with Gasteiger partial charge in [0.25, 0.3) is 0 Å². The fraction of sp³-hybridized carbons (Fsp3) is 0.0741. The molecule has 6 aromatic rings. The first-order valence-corrected chi connectivity index (χ1v) is 11.4. The summed E-state index contributed by atoms with van der Waals surface area (Å²) < 4.78 is 13.9. The Bertz CT molecular complexity index is 1750. The predicted molar refractivity (Wildman–Crippen MR) is 137 cm³/mol. The Morgan fingerprint density at radius 3 is 2.75 bits per heavy atom. The van der Waals surface area contributed by atoms with Crippen LogP contribution in [0.25, 0.3) is 55.8 Å². The average Bonchev–Trinajstić information content (AvgIpc) is 3.52. The highest BCUT2D eigenvalue weighted by molar-refractivity contribution is 5.98. The Kier molecular flexibility index (Phi) is 5.22. The summed E-state index contributed by atoms with van der Waals surface area (Å²) in [5, 5.41) is 11.2. The number of hydrogen-bond acceptors (Lipinski definition) is 5. The monoisotopic (exact) mass is 477 g/mol. The van der Waals surface area contributed by atoms with Crippen molar-refractivity contribution >= 4 is 33.5 Å². The molecule has 0 atom stereocenters. The molecular weight excluding hydrogens is 457 g/mol. The Balaban J connectivity index is 1.43. The van der Waals surface area contributed by atoms with E-state index in [1.807, 2.05) is 36.4 Å². The Morgan fingerprint density at radius 2 is 1.89 bits per heavy atom. The van der Waals surface area contributed by atoms with Crippen LogP contribution in [0.5, 0.6) is 0 Å². The van der Waals surface area contributed by atoms with Crippen molar-refractivity contribution < 1.29 is 9.18 Å². The van der Waals surface area contributed by atoms with E-state index in [2.05, 4.69) is 30.5 Å². The van der Waals surface area contributed by atoms with E-state index in [4.69, 9.17) is 4.98 Å². The van der Waals surface area contributed by atoms with Crippen LogP contribution in [0.3, 0.4) is 0 Å². The molecule has 1 amide bonds. The standard InChI is InChI=1S/C27H20FN7O/c1-2-24(36)31-18-10-16(12-29-13-18)22-11-20-23(14-30-22)34-35-26(20)27-32-21-8-4-7-19(25(21)33-27)15-5-3-6-17(28)9-15/h3-14H,2H2,1H3,(H,31,36)(H,32,33)(H,34,35). The number of anilines is 1. The molecule has 0 aliphatic carbocycles. The van der Waals surface area contributed by atoms with Gasteiger partial charge in [-0.3, -0.25) is 19.9 Å². The Morgan fingerprint density at radius 1 is 1.00 bits per heavy atom. The number of aromatic amines is 2. The number of hydrogen-bond donors (Lipinski definition) is 3. The van der Waals surface area contributed by atoms with Gasteiger partial charge in [-0.05, 0) is 35.9 Å². The highest BCUT2D eigenvalue weighted by atomic mass is 19.1. The third kappa shape index (κ3) is 3.86. The lowest BCUT2D eigenvalue weighted by Crippen LogP contribution is -2.09. The number of halogens is 1. The van der Waals surface area contributed by atoms with Crippen LogP contribution in [0.15, 0.2) is 73.2 Å². The van der Waals surface area contributed by atoms with Crippen molar-refractivity contribution in [2.75, 3.05) is 5.32 Å². The number of rotatable bonds is 5. The first-order valence-electron chi connectivity index (χ1n) is 11.4. The molecule has 8 nitrogen and oxygen atoms in total. The minimum Gasteiger partial charge on any atom is -0.337 e. The molecule has 0 bridgehead atoms. The van der Waals surface area contributed by atoms with Crippen molar-refractivity contribution in [3.8, 4) is 33.9 Å². The van der Waals surface area contributed by atoms with Crippen LogP contribution < -0.4 is 5.32 Å². The van der Waals surface area contributed by atoms with E-state index < -0.39 is 0 Å². The lowest BCUT2D eigenvalue weighted by Gasteiger charge is -2.06. The van der Waals surface area contributed by atoms with Gasteiger partial charge in [-0.15, -0.1) is 0 Å². The summed E-state index contributed by atoms with van der Waals surface area (Å²) in [6, 6.07) is 16.0. The molecule has 0 saturated carbocycles. The fourth-order valence-electron chi connectivity index (χ4n) is 4.19. The number of nitrogens with zero attached hydrogens (tertiary/aromatic N) is 4. The maximum Gasteiger partial charge on any atom is 0.224 e. The molecular formula is C27H20FN7O. The van der Waals surface area contributed by atoms with Gasteiger partial charge < -0.3 is 10.3 Å². The molecule has 0 saturated heterocycles. The number of carbonyl (C=O) groups is 1. The van der Waals surface area contributed by atoms with E-state index in [0.717, 1.165) is 38.6 Å². The van der Waals surface area contributed by atoms with E-state index in [0.29, 0.717) is 29.3 Å². The average molecular weight is 478 g/mol. The van der Waals surface area contributed by atoms with Gasteiger partial charge in [-0.1, -0.05) is 31.2 Å². The van der Waals surface area contributed by atoms with E-state index in [1.54, 1.807) is 31.6 Å². The number of benzene rings is 2. The first kappa shape index (κ1) is 21.6. The molecule has 176 valence electrons. The number of para-hydroxylation sites is 1. The molecule has 0 unspecified atom stereocenters. The largest absolute Gasteiger partial charge is 0.337 e. The van der Waals surface area contributed by atoms with Crippen LogP contribution in [0.2, 0.25) is 0 Å². The van der Waals surface area contributed by atoms with Crippen molar-refractivity contribution in [1.29, 1.82) is 0 Å². The second-order valence-corrected chi connectivity index (χ2v) is 8.35. The van der Waals surface area contributed by atoms with Crippen LogP contribution in [0.1, 0.15) is 13.3 Å². The smallest absolute Gasteiger partial charge is 0.224 e. The van der Waals surface area contributed by atoms with Crippen LogP contribution in [-0.4, -0.2) is 36.0 Å². The number of H-pyrrole nitrogens is 2. The number of carbonyl (C=O) groups excluding carboxylic acids is 1. The van der Waals surface area contributed by atoms with Gasteiger partial charge in [-0.2, -0.15) is 5.10 Å². The maximum absolute atomic E-state index is 13.9. The van der Waals surface area contributed by atoms with Gasteiger partial charge in [0.15, 0.2) is 5.82 Å². The number of nitrogens with one attached hydrogen (secondary N) is 3. The van der Waals surface area contributed by atoms with Crippen molar-refractivity contribution in [3.63, 3.8) is 0 Å². The zero-order valence-electron chi connectivity index (χ0n) is 19.2. The van der Waals surface area contributed by atoms with Crippen LogP contribution in [0, 0.1) is 5.82 Å². The zero-order valence-corrected chi connectivity index (χ0v) is 19.2. The molecule has 0 aliphatic rings. The summed E-state index contributed by atoms with van der Waals surface area (Å²) in [6.07, 6.45) is 5.38. The summed E-state index contributed by atoms with van der Waals surface area (Å²) in [5.74, 6) is 0.197. The summed E-state index contributed by atoms with van der Waals surface area (Å²) in [7, 11) is 0. The van der Waals surface area contributed by atoms with Crippen LogP contribution in [-0.2, 0) is 4.79 Å². The second-order valence-electron chi connectivity index (χ2n) is 8.35. The molecule has 3 N–H and O–H groups in total. The number of imidazole rings is 1. The lowest BCUT2D eigenvalue weighted by atomic mass is 10.0. The second kappa shape index (κ2) is 8.70. The number of amides is 1. The molecule has 4 heterocycles. The van der Waals surface area contributed by atoms with E-state index in [1.165, 1.54) is 12.1 Å². The fourth-order valence-corrected chi connectivity index (χ4v) is 4.19. The van der Waals surface area contributed by atoms with Crippen LogP contribution in [0.4, 0.5) is 10.1 Å².